The van der Waals surface area contributed by atoms with Crippen LogP contribution in [0.5, 0.6) is 5.75 Å². The van der Waals surface area contributed by atoms with Crippen LogP contribution in [0.2, 0.25) is 0 Å². The summed E-state index contributed by atoms with van der Waals surface area (Å²) in [5.74, 6) is 1.03. The van der Waals surface area contributed by atoms with Crippen LogP contribution in [0.3, 0.4) is 0 Å². The van der Waals surface area contributed by atoms with E-state index in [-0.39, 0.29) is 11.5 Å². The zero-order valence-corrected chi connectivity index (χ0v) is 11.4. The number of benzene rings is 1. The molecule has 0 amide bonds. The van der Waals surface area contributed by atoms with Crippen LogP contribution in [-0.4, -0.2) is 12.1 Å². The van der Waals surface area contributed by atoms with Gasteiger partial charge in [-0.15, -0.1) is 0 Å². The van der Waals surface area contributed by atoms with Crippen LogP contribution < -0.4 is 10.5 Å². The SMILES string of the molecule is CCC1(C)C(N)CC1Oc1ccc2c(c1)CCC2. The van der Waals surface area contributed by atoms with Gasteiger partial charge in [0, 0.05) is 17.9 Å². The van der Waals surface area contributed by atoms with Crippen LogP contribution in [0, 0.1) is 5.41 Å². The highest BCUT2D eigenvalue weighted by Gasteiger charge is 2.50. The normalized spacial score (nSPS) is 33.9. The van der Waals surface area contributed by atoms with Gasteiger partial charge in [0.15, 0.2) is 0 Å². The van der Waals surface area contributed by atoms with Crippen molar-refractivity contribution in [2.24, 2.45) is 11.1 Å². The lowest BCUT2D eigenvalue weighted by molar-refractivity contribution is -0.0560. The average Bonchev–Trinajstić information content (AvgIpc) is 2.84. The van der Waals surface area contributed by atoms with Crippen molar-refractivity contribution in [1.29, 1.82) is 0 Å². The number of rotatable bonds is 3. The highest BCUT2D eigenvalue weighted by Crippen LogP contribution is 2.45. The van der Waals surface area contributed by atoms with Crippen molar-refractivity contribution in [3.05, 3.63) is 29.3 Å². The van der Waals surface area contributed by atoms with Crippen LogP contribution in [0.4, 0.5) is 0 Å². The van der Waals surface area contributed by atoms with Crippen LogP contribution in [-0.2, 0) is 12.8 Å². The van der Waals surface area contributed by atoms with E-state index in [4.69, 9.17) is 10.5 Å². The fourth-order valence-corrected chi connectivity index (χ4v) is 3.31. The molecule has 2 nitrogen and oxygen atoms in total. The second-order valence-electron chi connectivity index (χ2n) is 6.09. The molecule has 2 aliphatic rings. The maximum Gasteiger partial charge on any atom is 0.120 e. The summed E-state index contributed by atoms with van der Waals surface area (Å²) in [6, 6.07) is 6.90. The molecule has 1 aromatic carbocycles. The second kappa shape index (κ2) is 4.27. The molecular weight excluding hydrogens is 222 g/mol. The zero-order valence-electron chi connectivity index (χ0n) is 11.4. The molecule has 2 N–H and O–H groups in total. The van der Waals surface area contributed by atoms with E-state index in [0.717, 1.165) is 18.6 Å². The molecule has 2 aliphatic carbocycles. The summed E-state index contributed by atoms with van der Waals surface area (Å²) in [4.78, 5) is 0. The van der Waals surface area contributed by atoms with Crippen LogP contribution in [0.25, 0.3) is 0 Å². The van der Waals surface area contributed by atoms with Crippen molar-refractivity contribution < 1.29 is 4.74 Å². The van der Waals surface area contributed by atoms with Gasteiger partial charge in [-0.1, -0.05) is 19.9 Å². The summed E-state index contributed by atoms with van der Waals surface area (Å²) in [7, 11) is 0. The molecule has 0 aliphatic heterocycles. The number of fused-ring (bicyclic) bond motifs is 1. The lowest BCUT2D eigenvalue weighted by atomic mass is 9.62. The van der Waals surface area contributed by atoms with Crippen molar-refractivity contribution >= 4 is 0 Å². The third-order valence-electron chi connectivity index (χ3n) is 5.16. The molecule has 0 spiro atoms. The Bertz CT molecular complexity index is 456. The van der Waals surface area contributed by atoms with Gasteiger partial charge < -0.3 is 10.5 Å². The van der Waals surface area contributed by atoms with Crippen LogP contribution >= 0.6 is 0 Å². The van der Waals surface area contributed by atoms with Gasteiger partial charge in [0.1, 0.15) is 11.9 Å². The predicted molar refractivity (Wildman–Crippen MR) is 73.9 cm³/mol. The van der Waals surface area contributed by atoms with Gasteiger partial charge in [-0.05, 0) is 48.9 Å². The first-order valence-electron chi connectivity index (χ1n) is 7.17. The van der Waals surface area contributed by atoms with Crippen molar-refractivity contribution in [1.82, 2.24) is 0 Å². The van der Waals surface area contributed by atoms with Crippen molar-refractivity contribution in [2.75, 3.05) is 0 Å². The van der Waals surface area contributed by atoms with Gasteiger partial charge in [0.25, 0.3) is 0 Å². The Labute approximate surface area is 110 Å². The molecule has 0 saturated heterocycles. The molecule has 18 heavy (non-hydrogen) atoms. The lowest BCUT2D eigenvalue weighted by Gasteiger charge is -2.51. The number of aryl methyl sites for hydroxylation is 2. The Kier molecular flexibility index (Phi) is 2.86. The largest absolute Gasteiger partial charge is 0.490 e. The molecule has 3 atom stereocenters. The van der Waals surface area contributed by atoms with E-state index in [2.05, 4.69) is 32.0 Å². The molecular formula is C16H23NO. The Morgan fingerprint density at radius 1 is 1.33 bits per heavy atom. The van der Waals surface area contributed by atoms with Crippen molar-refractivity contribution in [2.45, 2.75) is 58.1 Å². The topological polar surface area (TPSA) is 35.2 Å². The minimum Gasteiger partial charge on any atom is -0.490 e. The zero-order chi connectivity index (χ0) is 12.8. The molecule has 3 rings (SSSR count). The van der Waals surface area contributed by atoms with Gasteiger partial charge in [-0.25, -0.2) is 0 Å². The molecule has 1 fully saturated rings. The Balaban J connectivity index is 1.74. The maximum absolute atomic E-state index is 6.17. The average molecular weight is 245 g/mol. The highest BCUT2D eigenvalue weighted by atomic mass is 16.5. The fourth-order valence-electron chi connectivity index (χ4n) is 3.31. The minimum atomic E-state index is 0.152. The van der Waals surface area contributed by atoms with Crippen LogP contribution in [0.15, 0.2) is 18.2 Å². The first-order valence-corrected chi connectivity index (χ1v) is 7.17. The Morgan fingerprint density at radius 2 is 2.11 bits per heavy atom. The van der Waals surface area contributed by atoms with Crippen molar-refractivity contribution in [3.63, 3.8) is 0 Å². The van der Waals surface area contributed by atoms with E-state index in [1.807, 2.05) is 0 Å². The van der Waals surface area contributed by atoms with Gasteiger partial charge in [0.05, 0.1) is 0 Å². The smallest absolute Gasteiger partial charge is 0.120 e. The molecule has 0 radical (unpaired) electrons. The van der Waals surface area contributed by atoms with Gasteiger partial charge in [-0.2, -0.15) is 0 Å². The van der Waals surface area contributed by atoms with Gasteiger partial charge >= 0.3 is 0 Å². The third kappa shape index (κ3) is 1.74. The summed E-state index contributed by atoms with van der Waals surface area (Å²) >= 11 is 0. The molecule has 98 valence electrons. The molecule has 1 saturated carbocycles. The van der Waals surface area contributed by atoms with E-state index < -0.39 is 0 Å². The number of ether oxygens (including phenoxy) is 1. The maximum atomic E-state index is 6.17. The summed E-state index contributed by atoms with van der Waals surface area (Å²) in [5, 5.41) is 0. The number of hydrogen-bond acceptors (Lipinski definition) is 2. The lowest BCUT2D eigenvalue weighted by Crippen LogP contribution is -2.61. The fraction of sp³-hybridized carbons (Fsp3) is 0.625. The summed E-state index contributed by atoms with van der Waals surface area (Å²) in [5.41, 5.74) is 9.26. The monoisotopic (exact) mass is 245 g/mol. The molecule has 0 aromatic heterocycles. The van der Waals surface area contributed by atoms with E-state index in [1.165, 1.54) is 30.4 Å². The minimum absolute atomic E-state index is 0.152. The molecule has 0 heterocycles. The molecule has 1 aromatic rings. The predicted octanol–water partition coefficient (Wildman–Crippen LogP) is 3.07. The van der Waals surface area contributed by atoms with E-state index in [1.54, 1.807) is 0 Å². The first kappa shape index (κ1) is 12.0. The highest BCUT2D eigenvalue weighted by molar-refractivity contribution is 5.38. The van der Waals surface area contributed by atoms with Gasteiger partial charge in [0.2, 0.25) is 0 Å². The summed E-state index contributed by atoms with van der Waals surface area (Å²) < 4.78 is 6.17. The van der Waals surface area contributed by atoms with E-state index in [0.29, 0.717) is 6.04 Å². The van der Waals surface area contributed by atoms with Crippen molar-refractivity contribution in [3.8, 4) is 5.75 Å². The second-order valence-corrected chi connectivity index (χ2v) is 6.09. The number of nitrogens with two attached hydrogens (primary N) is 1. The van der Waals surface area contributed by atoms with E-state index in [9.17, 15) is 0 Å². The third-order valence-corrected chi connectivity index (χ3v) is 5.16. The van der Waals surface area contributed by atoms with E-state index >= 15 is 0 Å². The first-order chi connectivity index (χ1) is 8.63. The standard InChI is InChI=1S/C16H23NO/c1-3-16(2)14(17)10-15(16)18-13-8-7-11-5-4-6-12(11)9-13/h7-9,14-15H,3-6,10,17H2,1-2H3. The summed E-state index contributed by atoms with van der Waals surface area (Å²) in [6.07, 6.45) is 6.10. The van der Waals surface area contributed by atoms with Gasteiger partial charge in [-0.3, -0.25) is 0 Å². The summed E-state index contributed by atoms with van der Waals surface area (Å²) in [6.45, 7) is 4.46. The molecule has 3 unspecified atom stereocenters. The quantitative estimate of drug-likeness (QED) is 0.888. The molecule has 2 heteroatoms. The Morgan fingerprint density at radius 3 is 2.83 bits per heavy atom. The van der Waals surface area contributed by atoms with Crippen LogP contribution in [0.1, 0.15) is 44.2 Å². The Hall–Kier alpha value is -1.02. The molecule has 0 bridgehead atoms. The number of hydrogen-bond donors (Lipinski definition) is 1.